The first kappa shape index (κ1) is 18.3. The predicted molar refractivity (Wildman–Crippen MR) is 94.2 cm³/mol. The molecular formula is C18H19ClFN6-. The summed E-state index contributed by atoms with van der Waals surface area (Å²) in [6.07, 6.45) is 5.54. The third kappa shape index (κ3) is 3.54. The highest BCUT2D eigenvalue weighted by atomic mass is 35.5. The summed E-state index contributed by atoms with van der Waals surface area (Å²) in [6.45, 7) is 1.94. The molecule has 4 rings (SSSR count). The van der Waals surface area contributed by atoms with Gasteiger partial charge in [-0.3, -0.25) is 0 Å². The van der Waals surface area contributed by atoms with Crippen LogP contribution in [0.25, 0.3) is 22.6 Å². The summed E-state index contributed by atoms with van der Waals surface area (Å²) >= 11 is 0. The van der Waals surface area contributed by atoms with E-state index in [2.05, 4.69) is 24.8 Å². The van der Waals surface area contributed by atoms with Gasteiger partial charge in [-0.1, -0.05) is 0 Å². The number of halogens is 2. The number of rotatable bonds is 3. The van der Waals surface area contributed by atoms with Crippen molar-refractivity contribution in [2.75, 3.05) is 18.8 Å². The first-order valence-corrected chi connectivity index (χ1v) is 8.35. The van der Waals surface area contributed by atoms with E-state index in [-0.39, 0.29) is 24.2 Å². The molecule has 0 radical (unpaired) electrons. The summed E-state index contributed by atoms with van der Waals surface area (Å²) in [5, 5.41) is 3.38. The van der Waals surface area contributed by atoms with Gasteiger partial charge in [0.05, 0.1) is 23.4 Å². The van der Waals surface area contributed by atoms with Crippen LogP contribution < -0.4 is 23.5 Å². The molecular weight excluding hydrogens is 355 g/mol. The molecule has 1 aromatic carbocycles. The summed E-state index contributed by atoms with van der Waals surface area (Å²) in [7, 11) is 0. The van der Waals surface area contributed by atoms with Gasteiger partial charge >= 0.3 is 0 Å². The first-order valence-electron chi connectivity index (χ1n) is 8.35. The molecule has 1 fully saturated rings. The number of nitrogens with one attached hydrogen (secondary N) is 1. The number of hydrogen-bond acceptors (Lipinski definition) is 5. The molecule has 26 heavy (non-hydrogen) atoms. The normalized spacial score (nSPS) is 14.8. The van der Waals surface area contributed by atoms with E-state index in [1.54, 1.807) is 18.3 Å². The van der Waals surface area contributed by atoms with E-state index in [4.69, 9.17) is 5.73 Å². The van der Waals surface area contributed by atoms with Crippen LogP contribution in [0.1, 0.15) is 18.9 Å². The summed E-state index contributed by atoms with van der Waals surface area (Å²) in [6, 6.07) is 8.53. The number of hydrogen-bond donors (Lipinski definition) is 2. The van der Waals surface area contributed by atoms with Crippen molar-refractivity contribution >= 4 is 5.95 Å². The summed E-state index contributed by atoms with van der Waals surface area (Å²) in [5.74, 6) is -0.0463. The molecule has 6 nitrogen and oxygen atoms in total. The number of piperidine rings is 1. The molecule has 1 aliphatic rings. The van der Waals surface area contributed by atoms with Crippen molar-refractivity contribution < 1.29 is 16.8 Å². The first-order chi connectivity index (χ1) is 12.2. The zero-order valence-corrected chi connectivity index (χ0v) is 14.8. The highest BCUT2D eigenvalue weighted by Gasteiger charge is 2.23. The average molecular weight is 374 g/mol. The molecule has 1 aliphatic heterocycles. The van der Waals surface area contributed by atoms with Crippen molar-refractivity contribution in [3.8, 4) is 22.6 Å². The monoisotopic (exact) mass is 373 g/mol. The summed E-state index contributed by atoms with van der Waals surface area (Å²) in [4.78, 5) is 13.0. The van der Waals surface area contributed by atoms with Crippen molar-refractivity contribution in [1.82, 2.24) is 24.8 Å². The maximum atomic E-state index is 13.3. The zero-order chi connectivity index (χ0) is 17.2. The van der Waals surface area contributed by atoms with E-state index < -0.39 is 0 Å². The zero-order valence-electron chi connectivity index (χ0n) is 14.1. The van der Waals surface area contributed by atoms with Crippen LogP contribution in [-0.4, -0.2) is 32.6 Å². The minimum Gasteiger partial charge on any atom is -1.00 e. The summed E-state index contributed by atoms with van der Waals surface area (Å²) < 4.78 is 15.5. The van der Waals surface area contributed by atoms with Crippen molar-refractivity contribution in [2.45, 2.75) is 18.9 Å². The van der Waals surface area contributed by atoms with Gasteiger partial charge in [0.1, 0.15) is 5.82 Å². The Morgan fingerprint density at radius 2 is 1.81 bits per heavy atom. The molecule has 0 spiro atoms. The van der Waals surface area contributed by atoms with Crippen LogP contribution in [0.15, 0.2) is 42.9 Å². The quantitative estimate of drug-likeness (QED) is 0.656. The Hall–Kier alpha value is -2.51. The van der Waals surface area contributed by atoms with Gasteiger partial charge < -0.3 is 28.0 Å². The van der Waals surface area contributed by atoms with E-state index in [1.165, 1.54) is 12.1 Å². The second kappa shape index (κ2) is 7.80. The van der Waals surface area contributed by atoms with E-state index in [0.717, 1.165) is 48.6 Å². The molecule has 0 atom stereocenters. The number of aromatic nitrogens is 4. The second-order valence-corrected chi connectivity index (χ2v) is 6.14. The highest BCUT2D eigenvalue weighted by molar-refractivity contribution is 5.77. The van der Waals surface area contributed by atoms with Gasteiger partial charge in [0.2, 0.25) is 5.95 Å². The Labute approximate surface area is 157 Å². The van der Waals surface area contributed by atoms with E-state index in [9.17, 15) is 4.39 Å². The van der Waals surface area contributed by atoms with Gasteiger partial charge in [-0.25, -0.2) is 19.3 Å². The number of nitrogens with two attached hydrogens (primary N) is 1. The number of benzene rings is 1. The summed E-state index contributed by atoms with van der Waals surface area (Å²) in [5.41, 5.74) is 9.03. The van der Waals surface area contributed by atoms with Crippen molar-refractivity contribution in [3.63, 3.8) is 0 Å². The van der Waals surface area contributed by atoms with Crippen LogP contribution in [0.2, 0.25) is 0 Å². The molecule has 3 aromatic rings. The molecule has 0 aliphatic carbocycles. The van der Waals surface area contributed by atoms with Crippen LogP contribution in [0.4, 0.5) is 10.3 Å². The van der Waals surface area contributed by atoms with Crippen molar-refractivity contribution in [1.29, 1.82) is 0 Å². The number of nitrogen functional groups attached to an aromatic ring is 1. The van der Waals surface area contributed by atoms with Crippen LogP contribution in [-0.2, 0) is 0 Å². The fourth-order valence-electron chi connectivity index (χ4n) is 3.30. The van der Waals surface area contributed by atoms with Gasteiger partial charge in [0, 0.05) is 17.8 Å². The molecule has 3 N–H and O–H groups in total. The maximum Gasteiger partial charge on any atom is 0.220 e. The van der Waals surface area contributed by atoms with Crippen molar-refractivity contribution in [2.24, 2.45) is 0 Å². The largest absolute Gasteiger partial charge is 1.00 e. The number of nitrogens with zero attached hydrogens (tertiary/aromatic N) is 4. The molecule has 3 heterocycles. The molecule has 0 amide bonds. The van der Waals surface area contributed by atoms with Crippen LogP contribution in [0, 0.1) is 5.82 Å². The highest BCUT2D eigenvalue weighted by Crippen LogP contribution is 2.34. The van der Waals surface area contributed by atoms with Crippen LogP contribution in [0.3, 0.4) is 0 Å². The lowest BCUT2D eigenvalue weighted by Gasteiger charge is -2.25. The van der Waals surface area contributed by atoms with Crippen LogP contribution >= 0.6 is 0 Å². The number of imidazole rings is 1. The smallest absolute Gasteiger partial charge is 0.220 e. The van der Waals surface area contributed by atoms with E-state index >= 15 is 0 Å². The molecule has 0 bridgehead atoms. The Balaban J connectivity index is 0.00000196. The standard InChI is InChI=1S/C18H19FN6.ClH/c19-13-3-1-12(2-4-13)16-17(15-7-10-22-18(20)24-15)25(11-23-16)14-5-8-21-9-6-14;/h1-4,7,10-11,14,21H,5-6,8-9H2,(H2,20,22,24);1H/p-1. The lowest BCUT2D eigenvalue weighted by molar-refractivity contribution is -0.00000600. The van der Waals surface area contributed by atoms with E-state index in [1.807, 2.05) is 12.4 Å². The lowest BCUT2D eigenvalue weighted by atomic mass is 10.0. The minimum atomic E-state index is -0.269. The molecule has 1 saturated heterocycles. The Kier molecular flexibility index (Phi) is 5.49. The van der Waals surface area contributed by atoms with Gasteiger partial charge in [0.15, 0.2) is 0 Å². The molecule has 136 valence electrons. The maximum absolute atomic E-state index is 13.3. The second-order valence-electron chi connectivity index (χ2n) is 6.14. The fourth-order valence-corrected chi connectivity index (χ4v) is 3.30. The molecule has 0 saturated carbocycles. The SMILES string of the molecule is Nc1nccc(-c2c(-c3ccc(F)cc3)ncn2C2CCNCC2)n1.[Cl-]. The van der Waals surface area contributed by atoms with Gasteiger partial charge in [-0.15, -0.1) is 0 Å². The average Bonchev–Trinajstić information content (AvgIpc) is 3.08. The topological polar surface area (TPSA) is 81.6 Å². The minimum absolute atomic E-state index is 0. The molecule has 0 unspecified atom stereocenters. The predicted octanol–water partition coefficient (Wildman–Crippen LogP) is -0.343. The van der Waals surface area contributed by atoms with Crippen LogP contribution in [0.5, 0.6) is 0 Å². The van der Waals surface area contributed by atoms with Gasteiger partial charge in [-0.05, 0) is 56.3 Å². The Morgan fingerprint density at radius 1 is 1.08 bits per heavy atom. The fraction of sp³-hybridized carbons (Fsp3) is 0.278. The Morgan fingerprint density at radius 3 is 2.50 bits per heavy atom. The molecule has 2 aromatic heterocycles. The van der Waals surface area contributed by atoms with Gasteiger partial charge in [-0.2, -0.15) is 0 Å². The lowest BCUT2D eigenvalue weighted by Crippen LogP contribution is -3.00. The van der Waals surface area contributed by atoms with Gasteiger partial charge in [0.25, 0.3) is 0 Å². The Bertz CT molecular complexity index is 874. The number of anilines is 1. The third-order valence-electron chi connectivity index (χ3n) is 4.53. The third-order valence-corrected chi connectivity index (χ3v) is 4.53. The van der Waals surface area contributed by atoms with E-state index in [0.29, 0.717) is 6.04 Å². The van der Waals surface area contributed by atoms with Crippen molar-refractivity contribution in [3.05, 3.63) is 48.7 Å². The molecule has 8 heteroatoms.